The molecule has 0 radical (unpaired) electrons. The van der Waals surface area contributed by atoms with Crippen LogP contribution in [0.2, 0.25) is 0 Å². The lowest BCUT2D eigenvalue weighted by Crippen LogP contribution is -2.40. The highest BCUT2D eigenvalue weighted by atomic mass is 16.6. The van der Waals surface area contributed by atoms with Gasteiger partial charge in [-0.05, 0) is 0 Å². The molecular weight excluding hydrogens is 168 g/mol. The minimum atomic E-state index is -1.51. The van der Waals surface area contributed by atoms with E-state index >= 15 is 0 Å². The number of ether oxygens (including phenoxy) is 1. The lowest BCUT2D eigenvalue weighted by atomic mass is 10.1. The Hall–Kier alpha value is -0.240. The Balaban J connectivity index is 2.58. The molecule has 1 rings (SSSR count). The second-order valence-corrected chi connectivity index (χ2v) is 2.72. The fourth-order valence-corrected chi connectivity index (χ4v) is 1.11. The lowest BCUT2D eigenvalue weighted by Gasteiger charge is -2.18. The van der Waals surface area contributed by atoms with E-state index in [1.54, 1.807) is 0 Å². The van der Waals surface area contributed by atoms with Crippen molar-refractivity contribution in [1.29, 1.82) is 0 Å². The van der Waals surface area contributed by atoms with Gasteiger partial charge in [0, 0.05) is 0 Å². The van der Waals surface area contributed by atoms with Gasteiger partial charge in [0.2, 0.25) is 0 Å². The molecule has 6 nitrogen and oxygen atoms in total. The number of hydrogen-bond donors (Lipinski definition) is 5. The van der Waals surface area contributed by atoms with E-state index in [0.29, 0.717) is 0 Å². The Kier molecular flexibility index (Phi) is 2.99. The van der Waals surface area contributed by atoms with Crippen molar-refractivity contribution in [3.05, 3.63) is 0 Å². The maximum atomic E-state index is 9.12. The van der Waals surface area contributed by atoms with Gasteiger partial charge in [0.05, 0.1) is 6.61 Å². The van der Waals surface area contributed by atoms with Crippen molar-refractivity contribution in [3.63, 3.8) is 0 Å². The molecule has 72 valence electrons. The van der Waals surface area contributed by atoms with Crippen molar-refractivity contribution in [2.45, 2.75) is 30.7 Å². The van der Waals surface area contributed by atoms with E-state index in [1.165, 1.54) is 0 Å². The summed E-state index contributed by atoms with van der Waals surface area (Å²) in [6.07, 6.45) is -6.75. The fraction of sp³-hybridized carbons (Fsp3) is 1.00. The van der Waals surface area contributed by atoms with Crippen LogP contribution in [0.5, 0.6) is 0 Å². The van der Waals surface area contributed by atoms with Crippen LogP contribution in [-0.2, 0) is 4.74 Å². The van der Waals surface area contributed by atoms with Gasteiger partial charge in [-0.3, -0.25) is 0 Å². The third-order valence-electron chi connectivity index (χ3n) is 1.84. The molecule has 12 heavy (non-hydrogen) atoms. The van der Waals surface area contributed by atoms with Gasteiger partial charge in [-0.1, -0.05) is 0 Å². The Bertz CT molecular complexity index is 151. The Morgan fingerprint density at radius 2 is 1.75 bits per heavy atom. The molecule has 1 aliphatic heterocycles. The van der Waals surface area contributed by atoms with Crippen LogP contribution in [0.1, 0.15) is 0 Å². The normalized spacial score (nSPS) is 44.8. The van der Waals surface area contributed by atoms with Gasteiger partial charge < -0.3 is 30.3 Å². The zero-order chi connectivity index (χ0) is 9.30. The average molecular weight is 180 g/mol. The molecule has 0 amide bonds. The standard InChI is InChI=1S/C6H12O6/c7-1-2(8)5-3(9)4(10)6(11)12-5/h2-11H,1H2/t2?,3-,4?,5+,6+/m0/s1. The molecule has 5 N–H and O–H groups in total. The molecule has 0 saturated carbocycles. The van der Waals surface area contributed by atoms with Crippen LogP contribution in [0, 0.1) is 0 Å². The lowest BCUT2D eigenvalue weighted by molar-refractivity contribution is -0.150. The molecule has 0 spiro atoms. The van der Waals surface area contributed by atoms with Crippen LogP contribution in [-0.4, -0.2) is 62.8 Å². The summed E-state index contributed by atoms with van der Waals surface area (Å²) in [6.45, 7) is -0.596. The van der Waals surface area contributed by atoms with Gasteiger partial charge >= 0.3 is 0 Å². The Morgan fingerprint density at radius 1 is 1.17 bits per heavy atom. The Morgan fingerprint density at radius 3 is 2.08 bits per heavy atom. The quantitative estimate of drug-likeness (QED) is 0.306. The molecule has 0 aromatic carbocycles. The second kappa shape index (κ2) is 3.65. The van der Waals surface area contributed by atoms with E-state index < -0.39 is 37.3 Å². The predicted molar refractivity (Wildman–Crippen MR) is 36.0 cm³/mol. The van der Waals surface area contributed by atoms with Crippen molar-refractivity contribution < 1.29 is 30.3 Å². The fourth-order valence-electron chi connectivity index (χ4n) is 1.11. The van der Waals surface area contributed by atoms with Crippen LogP contribution in [0.4, 0.5) is 0 Å². The molecule has 5 atom stereocenters. The van der Waals surface area contributed by atoms with Crippen molar-refractivity contribution in [3.8, 4) is 0 Å². The number of aliphatic hydroxyl groups is 5. The van der Waals surface area contributed by atoms with Crippen molar-refractivity contribution in [1.82, 2.24) is 0 Å². The maximum absolute atomic E-state index is 9.12. The third kappa shape index (κ3) is 1.58. The van der Waals surface area contributed by atoms with Gasteiger partial charge in [-0.25, -0.2) is 0 Å². The Labute approximate surface area is 68.6 Å². The van der Waals surface area contributed by atoms with Gasteiger partial charge in [0.1, 0.15) is 24.4 Å². The van der Waals surface area contributed by atoms with Crippen LogP contribution in [0.25, 0.3) is 0 Å². The molecule has 2 unspecified atom stereocenters. The number of hydrogen-bond acceptors (Lipinski definition) is 6. The topological polar surface area (TPSA) is 110 Å². The first kappa shape index (κ1) is 9.85. The summed E-state index contributed by atoms with van der Waals surface area (Å²) in [5.41, 5.74) is 0. The van der Waals surface area contributed by atoms with Gasteiger partial charge in [0.25, 0.3) is 0 Å². The minimum Gasteiger partial charge on any atom is -0.394 e. The van der Waals surface area contributed by atoms with Gasteiger partial charge in [-0.15, -0.1) is 0 Å². The molecular formula is C6H12O6. The zero-order valence-corrected chi connectivity index (χ0v) is 6.24. The van der Waals surface area contributed by atoms with Crippen molar-refractivity contribution in [2.24, 2.45) is 0 Å². The van der Waals surface area contributed by atoms with Crippen molar-refractivity contribution in [2.75, 3.05) is 6.61 Å². The molecule has 0 bridgehead atoms. The van der Waals surface area contributed by atoms with E-state index in [9.17, 15) is 0 Å². The predicted octanol–water partition coefficient (Wildman–Crippen LogP) is -3.22. The van der Waals surface area contributed by atoms with Crippen LogP contribution in [0.15, 0.2) is 0 Å². The summed E-state index contributed by atoms with van der Waals surface area (Å²) in [4.78, 5) is 0. The third-order valence-corrected chi connectivity index (χ3v) is 1.84. The van der Waals surface area contributed by atoms with E-state index in [1.807, 2.05) is 0 Å². The average Bonchev–Trinajstić information content (AvgIpc) is 2.32. The maximum Gasteiger partial charge on any atom is 0.184 e. The first-order valence-electron chi connectivity index (χ1n) is 3.56. The van der Waals surface area contributed by atoms with E-state index in [4.69, 9.17) is 25.5 Å². The summed E-state index contributed by atoms with van der Waals surface area (Å²) in [7, 11) is 0. The van der Waals surface area contributed by atoms with E-state index in [0.717, 1.165) is 0 Å². The molecule has 0 aliphatic carbocycles. The minimum absolute atomic E-state index is 0.596. The molecule has 1 aliphatic rings. The highest BCUT2D eigenvalue weighted by Crippen LogP contribution is 2.21. The highest BCUT2D eigenvalue weighted by Gasteiger charge is 2.44. The molecule has 0 aromatic rings. The summed E-state index contributed by atoms with van der Waals surface area (Å²) >= 11 is 0. The van der Waals surface area contributed by atoms with Crippen LogP contribution >= 0.6 is 0 Å². The van der Waals surface area contributed by atoms with Crippen molar-refractivity contribution >= 4 is 0 Å². The SMILES string of the molecule is OCC(O)[C@H]1O[C@@H](O)C(O)[C@@H]1O. The summed E-state index contributed by atoms with van der Waals surface area (Å²) in [5.74, 6) is 0. The summed E-state index contributed by atoms with van der Waals surface area (Å²) in [5, 5.41) is 44.4. The molecule has 0 aromatic heterocycles. The largest absolute Gasteiger partial charge is 0.394 e. The van der Waals surface area contributed by atoms with E-state index in [-0.39, 0.29) is 0 Å². The number of aliphatic hydroxyl groups excluding tert-OH is 5. The smallest absolute Gasteiger partial charge is 0.184 e. The molecule has 1 heterocycles. The monoisotopic (exact) mass is 180 g/mol. The second-order valence-electron chi connectivity index (χ2n) is 2.72. The first-order chi connectivity index (χ1) is 5.57. The summed E-state index contributed by atoms with van der Waals surface area (Å²) < 4.78 is 4.58. The summed E-state index contributed by atoms with van der Waals surface area (Å²) in [6, 6.07) is 0. The van der Waals surface area contributed by atoms with E-state index in [2.05, 4.69) is 4.74 Å². The van der Waals surface area contributed by atoms with Gasteiger partial charge in [0.15, 0.2) is 6.29 Å². The molecule has 1 saturated heterocycles. The number of rotatable bonds is 2. The first-order valence-corrected chi connectivity index (χ1v) is 3.56. The van der Waals surface area contributed by atoms with Crippen LogP contribution < -0.4 is 0 Å². The molecule has 6 heteroatoms. The zero-order valence-electron chi connectivity index (χ0n) is 6.24. The highest BCUT2D eigenvalue weighted by molar-refractivity contribution is 4.89. The molecule has 1 fully saturated rings. The van der Waals surface area contributed by atoms with Gasteiger partial charge in [-0.2, -0.15) is 0 Å². The van der Waals surface area contributed by atoms with Crippen LogP contribution in [0.3, 0.4) is 0 Å².